The summed E-state index contributed by atoms with van der Waals surface area (Å²) in [5.74, 6) is -2.53. The van der Waals surface area contributed by atoms with E-state index in [0.717, 1.165) is 0 Å². The SMILES string of the molecule is O=C(COc1ccc(Cl)c(Cl)c1)NC1=C2CC(NC(=O)c3coc(C(F)(F)F)n3)(C2)C[C@@H]1O. The number of aromatic nitrogens is 1. The van der Waals surface area contributed by atoms with Gasteiger partial charge in [-0.05, 0) is 30.5 Å². The summed E-state index contributed by atoms with van der Waals surface area (Å²) >= 11 is 11.7. The lowest BCUT2D eigenvalue weighted by Gasteiger charge is -2.51. The first-order chi connectivity index (χ1) is 15.5. The molecule has 0 spiro atoms. The number of rotatable bonds is 6. The Bertz CT molecular complexity index is 1140. The van der Waals surface area contributed by atoms with Crippen LogP contribution < -0.4 is 15.4 Å². The highest BCUT2D eigenvalue weighted by Gasteiger charge is 2.50. The first kappa shape index (κ1) is 23.4. The molecule has 0 unspecified atom stereocenters. The number of hydrogen-bond donors (Lipinski definition) is 3. The number of alkyl halides is 3. The molecule has 1 aromatic carbocycles. The van der Waals surface area contributed by atoms with Crippen molar-refractivity contribution in [1.82, 2.24) is 15.6 Å². The molecular weight excluding hydrogens is 490 g/mol. The van der Waals surface area contributed by atoms with Gasteiger partial charge in [0.25, 0.3) is 11.8 Å². The molecule has 3 aliphatic rings. The molecule has 33 heavy (non-hydrogen) atoms. The number of fused-ring (bicyclic) bond motifs is 2. The molecule has 1 aromatic heterocycles. The average molecular weight is 506 g/mol. The maximum atomic E-state index is 12.6. The van der Waals surface area contributed by atoms with Gasteiger partial charge in [0.2, 0.25) is 0 Å². The minimum Gasteiger partial charge on any atom is -0.484 e. The Morgan fingerprint density at radius 2 is 2.00 bits per heavy atom. The number of halogens is 5. The maximum Gasteiger partial charge on any atom is 0.468 e. The van der Waals surface area contributed by atoms with Gasteiger partial charge in [0.1, 0.15) is 12.0 Å². The van der Waals surface area contributed by atoms with E-state index in [1.807, 2.05) is 0 Å². The number of nitrogens with zero attached hydrogens (tertiary/aromatic N) is 1. The van der Waals surface area contributed by atoms with Crippen LogP contribution in [-0.4, -0.2) is 40.2 Å². The number of aliphatic hydroxyl groups is 1. The highest BCUT2D eigenvalue weighted by atomic mass is 35.5. The molecule has 1 atom stereocenters. The highest BCUT2D eigenvalue weighted by Crippen LogP contribution is 2.48. The van der Waals surface area contributed by atoms with Crippen molar-refractivity contribution in [3.63, 3.8) is 0 Å². The van der Waals surface area contributed by atoms with Crippen molar-refractivity contribution in [2.75, 3.05) is 6.61 Å². The number of nitrogens with one attached hydrogen (secondary N) is 2. The molecule has 5 rings (SSSR count). The quantitative estimate of drug-likeness (QED) is 0.553. The maximum absolute atomic E-state index is 12.6. The summed E-state index contributed by atoms with van der Waals surface area (Å²) in [6.45, 7) is -0.336. The van der Waals surface area contributed by atoms with Gasteiger partial charge in [-0.3, -0.25) is 9.59 Å². The molecule has 1 fully saturated rings. The van der Waals surface area contributed by atoms with E-state index in [1.54, 1.807) is 6.07 Å². The van der Waals surface area contributed by atoms with Crippen LogP contribution in [0.1, 0.15) is 35.6 Å². The van der Waals surface area contributed by atoms with Crippen LogP contribution in [0.2, 0.25) is 10.0 Å². The van der Waals surface area contributed by atoms with E-state index in [4.69, 9.17) is 27.9 Å². The van der Waals surface area contributed by atoms with Gasteiger partial charge in [0.15, 0.2) is 12.3 Å². The summed E-state index contributed by atoms with van der Waals surface area (Å²) in [6.07, 6.45) is -4.55. The Kier molecular flexibility index (Phi) is 6.06. The molecule has 13 heteroatoms. The molecule has 8 nitrogen and oxygen atoms in total. The molecule has 3 N–H and O–H groups in total. The van der Waals surface area contributed by atoms with Crippen molar-refractivity contribution in [2.24, 2.45) is 0 Å². The zero-order chi connectivity index (χ0) is 24.0. The number of carbonyl (C=O) groups excluding carboxylic acids is 2. The Balaban J connectivity index is 1.34. The van der Waals surface area contributed by atoms with Crippen molar-refractivity contribution in [3.05, 3.63) is 57.4 Å². The van der Waals surface area contributed by atoms with Crippen LogP contribution in [0.25, 0.3) is 0 Å². The summed E-state index contributed by atoms with van der Waals surface area (Å²) in [6, 6.07) is 4.54. The standard InChI is InChI=1S/C20H16Cl2F3N3O5/c21-11-2-1-10(3-12(11)22)32-8-15(30)27-16-9-4-19(5-9,6-14(16)29)28-17(31)13-7-33-18(26-13)20(23,24)25/h1-3,7,14,29H,4-6,8H2,(H,27,30)(H,28,31)/t14-/m0/s1. The van der Waals surface area contributed by atoms with Crippen LogP contribution in [0.3, 0.4) is 0 Å². The number of carbonyl (C=O) groups is 2. The predicted octanol–water partition coefficient (Wildman–Crippen LogP) is 3.48. The van der Waals surface area contributed by atoms with E-state index < -0.39 is 41.2 Å². The largest absolute Gasteiger partial charge is 0.484 e. The molecule has 0 radical (unpaired) electrons. The molecule has 176 valence electrons. The number of amides is 2. The van der Waals surface area contributed by atoms with Crippen molar-refractivity contribution >= 4 is 35.0 Å². The van der Waals surface area contributed by atoms with Gasteiger partial charge in [-0.25, -0.2) is 4.98 Å². The first-order valence-electron chi connectivity index (χ1n) is 9.59. The second-order valence-corrected chi connectivity index (χ2v) is 8.59. The Morgan fingerprint density at radius 3 is 2.61 bits per heavy atom. The van der Waals surface area contributed by atoms with Crippen molar-refractivity contribution in [3.8, 4) is 5.75 Å². The second kappa shape index (κ2) is 8.54. The third kappa shape index (κ3) is 4.94. The van der Waals surface area contributed by atoms with Crippen LogP contribution in [0.5, 0.6) is 5.75 Å². The summed E-state index contributed by atoms with van der Waals surface area (Å²) in [5, 5.41) is 16.3. The summed E-state index contributed by atoms with van der Waals surface area (Å²) < 4.78 is 47.5. The van der Waals surface area contributed by atoms with Gasteiger partial charge in [-0.2, -0.15) is 13.2 Å². The van der Waals surface area contributed by atoms with Gasteiger partial charge in [0.05, 0.1) is 21.7 Å². The molecule has 0 saturated heterocycles. The topological polar surface area (TPSA) is 114 Å². The molecule has 2 amide bonds. The fourth-order valence-corrected chi connectivity index (χ4v) is 4.12. The monoisotopic (exact) mass is 505 g/mol. The molecule has 2 aromatic rings. The predicted molar refractivity (Wildman–Crippen MR) is 109 cm³/mol. The lowest BCUT2D eigenvalue weighted by atomic mass is 9.63. The Morgan fingerprint density at radius 1 is 1.27 bits per heavy atom. The minimum absolute atomic E-state index is 0.0650. The lowest BCUT2D eigenvalue weighted by molar-refractivity contribution is -0.157. The number of hydrogen-bond acceptors (Lipinski definition) is 6. The van der Waals surface area contributed by atoms with Crippen molar-refractivity contribution in [1.29, 1.82) is 0 Å². The van der Waals surface area contributed by atoms with E-state index in [2.05, 4.69) is 20.0 Å². The van der Waals surface area contributed by atoms with Gasteiger partial charge < -0.3 is 24.9 Å². The van der Waals surface area contributed by atoms with Crippen LogP contribution >= 0.6 is 23.2 Å². The van der Waals surface area contributed by atoms with Gasteiger partial charge in [-0.15, -0.1) is 0 Å². The Labute approximate surface area is 194 Å². The van der Waals surface area contributed by atoms with Crippen molar-refractivity contribution < 1.29 is 37.0 Å². The summed E-state index contributed by atoms with van der Waals surface area (Å²) in [7, 11) is 0. The Hall–Kier alpha value is -2.76. The zero-order valence-electron chi connectivity index (χ0n) is 16.6. The number of ether oxygens (including phenoxy) is 1. The smallest absolute Gasteiger partial charge is 0.468 e. The normalized spacial score (nSPS) is 21.9. The molecule has 1 heterocycles. The van der Waals surface area contributed by atoms with Crippen molar-refractivity contribution in [2.45, 2.75) is 37.1 Å². The van der Waals surface area contributed by atoms with Crippen LogP contribution in [0.15, 0.2) is 40.1 Å². The third-order valence-electron chi connectivity index (χ3n) is 5.29. The molecule has 0 aliphatic heterocycles. The summed E-state index contributed by atoms with van der Waals surface area (Å²) in [5.41, 5.74) is -0.307. The summed E-state index contributed by atoms with van der Waals surface area (Å²) in [4.78, 5) is 27.7. The van der Waals surface area contributed by atoms with Crippen LogP contribution in [-0.2, 0) is 11.0 Å². The van der Waals surface area contributed by atoms with E-state index >= 15 is 0 Å². The second-order valence-electron chi connectivity index (χ2n) is 7.77. The van der Waals surface area contributed by atoms with Crippen LogP contribution in [0.4, 0.5) is 13.2 Å². The minimum atomic E-state index is -4.80. The van der Waals surface area contributed by atoms with E-state index in [0.29, 0.717) is 41.1 Å². The first-order valence-corrected chi connectivity index (χ1v) is 10.3. The molecular formula is C20H16Cl2F3N3O5. The number of oxazole rings is 1. The number of benzene rings is 1. The van der Waals surface area contributed by atoms with Gasteiger partial charge in [0, 0.05) is 18.2 Å². The lowest BCUT2D eigenvalue weighted by Crippen LogP contribution is -2.61. The van der Waals surface area contributed by atoms with Gasteiger partial charge in [-0.1, -0.05) is 23.2 Å². The fraction of sp³-hybridized carbons (Fsp3) is 0.350. The van der Waals surface area contributed by atoms with E-state index in [1.165, 1.54) is 12.1 Å². The van der Waals surface area contributed by atoms with Gasteiger partial charge >= 0.3 is 12.1 Å². The fourth-order valence-electron chi connectivity index (χ4n) is 3.83. The van der Waals surface area contributed by atoms with Crippen LogP contribution in [0, 0.1) is 0 Å². The third-order valence-corrected chi connectivity index (χ3v) is 6.03. The van der Waals surface area contributed by atoms with E-state index in [9.17, 15) is 27.9 Å². The van der Waals surface area contributed by atoms with E-state index in [-0.39, 0.29) is 18.1 Å². The highest BCUT2D eigenvalue weighted by molar-refractivity contribution is 6.42. The average Bonchev–Trinajstić information content (AvgIpc) is 3.21. The molecule has 2 bridgehead atoms. The zero-order valence-corrected chi connectivity index (χ0v) is 18.1. The number of aliphatic hydroxyl groups excluding tert-OH is 1. The molecule has 1 saturated carbocycles. The molecule has 3 aliphatic carbocycles.